The van der Waals surface area contributed by atoms with Gasteiger partial charge >= 0.3 is 0 Å². The van der Waals surface area contributed by atoms with Crippen molar-refractivity contribution in [1.29, 1.82) is 0 Å². The second kappa shape index (κ2) is 5.57. The summed E-state index contributed by atoms with van der Waals surface area (Å²) in [5.41, 5.74) is 0.0835. The van der Waals surface area contributed by atoms with Crippen LogP contribution in [-0.2, 0) is 0 Å². The van der Waals surface area contributed by atoms with Crippen molar-refractivity contribution < 1.29 is 9.90 Å². The SMILES string of the molecule is Cc1cc(=O)[nH]cc1C(=O)NCC1(O)CCCCC1. The summed E-state index contributed by atoms with van der Waals surface area (Å²) in [7, 11) is 0. The van der Waals surface area contributed by atoms with E-state index in [4.69, 9.17) is 0 Å². The minimum Gasteiger partial charge on any atom is -0.388 e. The highest BCUT2D eigenvalue weighted by Gasteiger charge is 2.29. The van der Waals surface area contributed by atoms with Crippen molar-refractivity contribution in [2.45, 2.75) is 44.6 Å². The largest absolute Gasteiger partial charge is 0.388 e. The van der Waals surface area contributed by atoms with E-state index in [9.17, 15) is 14.7 Å². The molecule has 2 rings (SSSR count). The quantitative estimate of drug-likeness (QED) is 0.764. The highest BCUT2D eigenvalue weighted by atomic mass is 16.3. The van der Waals surface area contributed by atoms with E-state index in [-0.39, 0.29) is 18.0 Å². The standard InChI is InChI=1S/C14H20N2O3/c1-10-7-12(17)15-8-11(10)13(18)16-9-14(19)5-3-2-4-6-14/h7-8,19H,2-6,9H2,1H3,(H,15,17)(H,16,18). The van der Waals surface area contributed by atoms with Crippen LogP contribution >= 0.6 is 0 Å². The molecule has 104 valence electrons. The van der Waals surface area contributed by atoms with Gasteiger partial charge in [-0.25, -0.2) is 0 Å². The number of carbonyl (C=O) groups is 1. The molecule has 1 aliphatic carbocycles. The smallest absolute Gasteiger partial charge is 0.253 e. The number of hydrogen-bond donors (Lipinski definition) is 3. The molecule has 0 aliphatic heterocycles. The van der Waals surface area contributed by atoms with Crippen LogP contribution in [0.4, 0.5) is 0 Å². The van der Waals surface area contributed by atoms with Gasteiger partial charge in [0.2, 0.25) is 5.56 Å². The van der Waals surface area contributed by atoms with Gasteiger partial charge in [0.15, 0.2) is 0 Å². The van der Waals surface area contributed by atoms with Crippen LogP contribution in [-0.4, -0.2) is 28.1 Å². The normalized spacial score (nSPS) is 18.0. The molecule has 5 heteroatoms. The minimum atomic E-state index is -0.774. The maximum atomic E-state index is 12.0. The topological polar surface area (TPSA) is 82.2 Å². The van der Waals surface area contributed by atoms with Crippen LogP contribution in [0.1, 0.15) is 48.0 Å². The van der Waals surface area contributed by atoms with Crippen molar-refractivity contribution in [2.75, 3.05) is 6.54 Å². The molecular weight excluding hydrogens is 244 g/mol. The Morgan fingerprint density at radius 3 is 2.74 bits per heavy atom. The van der Waals surface area contributed by atoms with E-state index >= 15 is 0 Å². The maximum absolute atomic E-state index is 12.0. The number of carbonyl (C=O) groups excluding carboxylic acids is 1. The van der Waals surface area contributed by atoms with Crippen LogP contribution in [0.2, 0.25) is 0 Å². The number of H-pyrrole nitrogens is 1. The summed E-state index contributed by atoms with van der Waals surface area (Å²) < 4.78 is 0. The molecule has 1 fully saturated rings. The Hall–Kier alpha value is -1.62. The number of rotatable bonds is 3. The van der Waals surface area contributed by atoms with Crippen molar-refractivity contribution in [2.24, 2.45) is 0 Å². The van der Waals surface area contributed by atoms with Gasteiger partial charge in [0, 0.05) is 18.8 Å². The lowest BCUT2D eigenvalue weighted by Gasteiger charge is -2.32. The van der Waals surface area contributed by atoms with E-state index in [2.05, 4.69) is 10.3 Å². The monoisotopic (exact) mass is 264 g/mol. The van der Waals surface area contributed by atoms with Gasteiger partial charge in [-0.15, -0.1) is 0 Å². The Balaban J connectivity index is 1.99. The number of aromatic nitrogens is 1. The Bertz CT molecular complexity index is 516. The molecule has 0 radical (unpaired) electrons. The first-order valence-corrected chi connectivity index (χ1v) is 6.70. The Morgan fingerprint density at radius 1 is 1.42 bits per heavy atom. The molecule has 1 saturated carbocycles. The van der Waals surface area contributed by atoms with Crippen LogP contribution in [0.15, 0.2) is 17.1 Å². The molecule has 5 nitrogen and oxygen atoms in total. The van der Waals surface area contributed by atoms with E-state index in [1.807, 2.05) is 0 Å². The molecule has 3 N–H and O–H groups in total. The average molecular weight is 264 g/mol. The second-order valence-corrected chi connectivity index (χ2v) is 5.36. The first-order valence-electron chi connectivity index (χ1n) is 6.70. The van der Waals surface area contributed by atoms with Gasteiger partial charge in [-0.2, -0.15) is 0 Å². The van der Waals surface area contributed by atoms with E-state index in [0.29, 0.717) is 11.1 Å². The zero-order chi connectivity index (χ0) is 13.9. The number of aromatic amines is 1. The number of pyridine rings is 1. The fourth-order valence-electron chi connectivity index (χ4n) is 2.54. The zero-order valence-corrected chi connectivity index (χ0v) is 11.2. The van der Waals surface area contributed by atoms with Crippen molar-refractivity contribution in [3.8, 4) is 0 Å². The van der Waals surface area contributed by atoms with Gasteiger partial charge in [-0.05, 0) is 25.3 Å². The van der Waals surface area contributed by atoms with Crippen molar-refractivity contribution >= 4 is 5.91 Å². The fraction of sp³-hybridized carbons (Fsp3) is 0.571. The maximum Gasteiger partial charge on any atom is 0.253 e. The summed E-state index contributed by atoms with van der Waals surface area (Å²) in [6.45, 7) is 1.99. The zero-order valence-electron chi connectivity index (χ0n) is 11.2. The first-order chi connectivity index (χ1) is 9.00. The van der Waals surface area contributed by atoms with E-state index in [1.54, 1.807) is 6.92 Å². The predicted molar refractivity (Wildman–Crippen MR) is 72.2 cm³/mol. The molecule has 0 aromatic carbocycles. The number of aliphatic hydroxyl groups is 1. The second-order valence-electron chi connectivity index (χ2n) is 5.36. The lowest BCUT2D eigenvalue weighted by atomic mass is 9.85. The van der Waals surface area contributed by atoms with Gasteiger partial charge in [-0.3, -0.25) is 9.59 Å². The third kappa shape index (κ3) is 3.44. The molecule has 1 aromatic heterocycles. The van der Waals surface area contributed by atoms with E-state index < -0.39 is 5.60 Å². The molecule has 1 amide bonds. The lowest BCUT2D eigenvalue weighted by Crippen LogP contribution is -2.44. The minimum absolute atomic E-state index is 0.222. The van der Waals surface area contributed by atoms with Crippen LogP contribution in [0.5, 0.6) is 0 Å². The Morgan fingerprint density at radius 2 is 2.11 bits per heavy atom. The van der Waals surface area contributed by atoms with Gasteiger partial charge < -0.3 is 15.4 Å². The highest BCUT2D eigenvalue weighted by molar-refractivity contribution is 5.95. The van der Waals surface area contributed by atoms with Crippen LogP contribution < -0.4 is 10.9 Å². The van der Waals surface area contributed by atoms with Crippen LogP contribution in [0.25, 0.3) is 0 Å². The van der Waals surface area contributed by atoms with Crippen molar-refractivity contribution in [3.63, 3.8) is 0 Å². The summed E-state index contributed by atoms with van der Waals surface area (Å²) in [6, 6.07) is 1.39. The van der Waals surface area contributed by atoms with Crippen molar-refractivity contribution in [1.82, 2.24) is 10.3 Å². The summed E-state index contributed by atoms with van der Waals surface area (Å²) in [4.78, 5) is 25.6. The molecular formula is C14H20N2O3. The van der Waals surface area contributed by atoms with E-state index in [1.165, 1.54) is 12.3 Å². The lowest BCUT2D eigenvalue weighted by molar-refractivity contribution is 0.00524. The van der Waals surface area contributed by atoms with Gasteiger partial charge in [0.1, 0.15) is 0 Å². The first kappa shape index (κ1) is 13.8. The van der Waals surface area contributed by atoms with Crippen LogP contribution in [0, 0.1) is 6.92 Å². The fourth-order valence-corrected chi connectivity index (χ4v) is 2.54. The van der Waals surface area contributed by atoms with Crippen LogP contribution in [0.3, 0.4) is 0 Å². The third-order valence-corrected chi connectivity index (χ3v) is 3.74. The molecule has 1 aliphatic rings. The van der Waals surface area contributed by atoms with Gasteiger partial charge in [0.05, 0.1) is 11.2 Å². The van der Waals surface area contributed by atoms with Crippen molar-refractivity contribution in [3.05, 3.63) is 33.7 Å². The molecule has 19 heavy (non-hydrogen) atoms. The summed E-state index contributed by atoms with van der Waals surface area (Å²) in [6.07, 6.45) is 6.04. The number of hydrogen-bond acceptors (Lipinski definition) is 3. The molecule has 0 saturated heterocycles. The molecule has 1 heterocycles. The average Bonchev–Trinajstić information content (AvgIpc) is 2.37. The van der Waals surface area contributed by atoms with Gasteiger partial charge in [-0.1, -0.05) is 19.3 Å². The summed E-state index contributed by atoms with van der Waals surface area (Å²) >= 11 is 0. The van der Waals surface area contributed by atoms with Gasteiger partial charge in [0.25, 0.3) is 5.91 Å². The number of nitrogens with one attached hydrogen (secondary N) is 2. The summed E-state index contributed by atoms with van der Waals surface area (Å²) in [5, 5.41) is 13.1. The summed E-state index contributed by atoms with van der Waals surface area (Å²) in [5.74, 6) is -0.257. The highest BCUT2D eigenvalue weighted by Crippen LogP contribution is 2.27. The predicted octanol–water partition coefficient (Wildman–Crippen LogP) is 1.11. The Kier molecular flexibility index (Phi) is 4.04. The Labute approximate surface area is 112 Å². The number of aryl methyl sites for hydroxylation is 1. The molecule has 0 unspecified atom stereocenters. The molecule has 0 atom stereocenters. The molecule has 0 spiro atoms. The molecule has 0 bridgehead atoms. The van der Waals surface area contributed by atoms with E-state index in [0.717, 1.165) is 32.1 Å². The number of amides is 1. The molecule has 1 aromatic rings. The third-order valence-electron chi connectivity index (χ3n) is 3.74.